The molecule has 0 saturated heterocycles. The van der Waals surface area contributed by atoms with Crippen LogP contribution in [0.3, 0.4) is 0 Å². The van der Waals surface area contributed by atoms with Crippen LogP contribution in [0.4, 0.5) is 0 Å². The zero-order chi connectivity index (χ0) is 9.68. The van der Waals surface area contributed by atoms with Gasteiger partial charge in [-0.2, -0.15) is 0 Å². The molecule has 0 spiro atoms. The Morgan fingerprint density at radius 2 is 2.00 bits per heavy atom. The molecule has 1 atom stereocenters. The molecule has 0 aromatic heterocycles. The number of aryl methyl sites for hydroxylation is 2. The first-order valence-electron chi connectivity index (χ1n) is 4.41. The van der Waals surface area contributed by atoms with E-state index in [1.165, 1.54) is 11.1 Å². The monoisotopic (exact) mass is 176 g/mol. The average Bonchev–Trinajstić information content (AvgIpc) is 2.16. The minimum atomic E-state index is -0.443. The van der Waals surface area contributed by atoms with Crippen LogP contribution in [-0.2, 0) is 11.2 Å². The van der Waals surface area contributed by atoms with Crippen LogP contribution in [0.5, 0.6) is 0 Å². The largest absolute Gasteiger partial charge is 0.321 e. The number of hydrogen-bond donors (Lipinski definition) is 1. The van der Waals surface area contributed by atoms with Crippen molar-refractivity contribution in [3.05, 3.63) is 35.4 Å². The Labute approximate surface area is 78.8 Å². The summed E-state index contributed by atoms with van der Waals surface area (Å²) in [5.74, 6) is 0. The maximum atomic E-state index is 10.1. The fourth-order valence-corrected chi connectivity index (χ4v) is 1.14. The fourth-order valence-electron chi connectivity index (χ4n) is 1.14. The fraction of sp³-hybridized carbons (Fsp3) is 0.364. The van der Waals surface area contributed by atoms with Crippen molar-refractivity contribution in [2.75, 3.05) is 0 Å². The second-order valence-electron chi connectivity index (χ2n) is 3.25. The zero-order valence-corrected chi connectivity index (χ0v) is 7.79. The van der Waals surface area contributed by atoms with Crippen LogP contribution in [0.1, 0.15) is 17.5 Å². The van der Waals surface area contributed by atoms with E-state index in [0.29, 0.717) is 6.42 Å². The van der Waals surface area contributed by atoms with Gasteiger partial charge in [-0.15, -0.1) is 0 Å². The van der Waals surface area contributed by atoms with Gasteiger partial charge < -0.3 is 5.73 Å². The molecule has 2 nitrogen and oxygen atoms in total. The highest BCUT2D eigenvalue weighted by Crippen LogP contribution is 2.06. The summed E-state index contributed by atoms with van der Waals surface area (Å²) in [4.78, 5) is 10.1. The van der Waals surface area contributed by atoms with Crippen molar-refractivity contribution in [3.63, 3.8) is 0 Å². The molecule has 0 amide bonds. The molecular formula is C11H14NO. The Balaban J connectivity index is 2.45. The Kier molecular flexibility index (Phi) is 3.65. The van der Waals surface area contributed by atoms with Crippen molar-refractivity contribution < 1.29 is 4.79 Å². The van der Waals surface area contributed by atoms with E-state index in [1.54, 1.807) is 6.29 Å². The SMILES string of the molecule is Cc1ccc(CCC(N)[C]=O)cc1. The predicted molar refractivity (Wildman–Crippen MR) is 53.2 cm³/mol. The average molecular weight is 176 g/mol. The van der Waals surface area contributed by atoms with Crippen LogP contribution in [0.15, 0.2) is 24.3 Å². The van der Waals surface area contributed by atoms with Gasteiger partial charge in [-0.25, -0.2) is 0 Å². The summed E-state index contributed by atoms with van der Waals surface area (Å²) in [5.41, 5.74) is 7.89. The van der Waals surface area contributed by atoms with Crippen LogP contribution in [0.2, 0.25) is 0 Å². The normalized spacial score (nSPS) is 12.5. The lowest BCUT2D eigenvalue weighted by molar-refractivity contribution is 0.536. The molecule has 69 valence electrons. The predicted octanol–water partition coefficient (Wildman–Crippen LogP) is 1.36. The minimum absolute atomic E-state index is 0.443. The van der Waals surface area contributed by atoms with Gasteiger partial charge in [0.15, 0.2) is 0 Å². The first-order valence-corrected chi connectivity index (χ1v) is 4.41. The molecular weight excluding hydrogens is 162 g/mol. The lowest BCUT2D eigenvalue weighted by Gasteiger charge is -2.03. The zero-order valence-electron chi connectivity index (χ0n) is 7.79. The van der Waals surface area contributed by atoms with E-state index in [9.17, 15) is 4.79 Å². The minimum Gasteiger partial charge on any atom is -0.321 e. The highest BCUT2D eigenvalue weighted by molar-refractivity contribution is 5.57. The van der Waals surface area contributed by atoms with E-state index in [1.807, 2.05) is 0 Å². The van der Waals surface area contributed by atoms with Crippen LogP contribution >= 0.6 is 0 Å². The summed E-state index contributed by atoms with van der Waals surface area (Å²) in [6.07, 6.45) is 3.29. The third-order valence-corrected chi connectivity index (χ3v) is 2.02. The number of hydrogen-bond acceptors (Lipinski definition) is 2. The number of nitrogens with two attached hydrogens (primary N) is 1. The molecule has 0 heterocycles. The van der Waals surface area contributed by atoms with Crippen LogP contribution in [0.25, 0.3) is 0 Å². The molecule has 13 heavy (non-hydrogen) atoms. The van der Waals surface area contributed by atoms with E-state index < -0.39 is 6.04 Å². The van der Waals surface area contributed by atoms with Gasteiger partial charge in [0.2, 0.25) is 6.29 Å². The van der Waals surface area contributed by atoms with E-state index in [4.69, 9.17) is 5.73 Å². The molecule has 2 heteroatoms. The smallest absolute Gasteiger partial charge is 0.216 e. The summed E-state index contributed by atoms with van der Waals surface area (Å²) in [5, 5.41) is 0. The molecule has 0 aliphatic carbocycles. The van der Waals surface area contributed by atoms with Crippen molar-refractivity contribution >= 4 is 6.29 Å². The van der Waals surface area contributed by atoms with E-state index in [-0.39, 0.29) is 0 Å². The van der Waals surface area contributed by atoms with Crippen molar-refractivity contribution in [1.82, 2.24) is 0 Å². The summed E-state index contributed by atoms with van der Waals surface area (Å²) < 4.78 is 0. The van der Waals surface area contributed by atoms with Gasteiger partial charge in [0.1, 0.15) is 0 Å². The third kappa shape index (κ3) is 3.38. The topological polar surface area (TPSA) is 43.1 Å². The van der Waals surface area contributed by atoms with E-state index in [2.05, 4.69) is 31.2 Å². The highest BCUT2D eigenvalue weighted by atomic mass is 16.1. The standard InChI is InChI=1S/C11H14NO/c1-9-2-4-10(5-3-9)6-7-11(12)8-13/h2-5,11H,6-7,12H2,1H3. The first kappa shape index (κ1) is 9.93. The van der Waals surface area contributed by atoms with Crippen LogP contribution < -0.4 is 5.73 Å². The van der Waals surface area contributed by atoms with Gasteiger partial charge in [-0.1, -0.05) is 29.8 Å². The summed E-state index contributed by atoms with van der Waals surface area (Å²) in [7, 11) is 0. The Bertz CT molecular complexity index is 266. The molecule has 1 unspecified atom stereocenters. The van der Waals surface area contributed by atoms with Crippen LogP contribution in [0, 0.1) is 6.92 Å². The number of rotatable bonds is 4. The van der Waals surface area contributed by atoms with Crippen molar-refractivity contribution in [1.29, 1.82) is 0 Å². The lowest BCUT2D eigenvalue weighted by atomic mass is 10.1. The van der Waals surface area contributed by atoms with Gasteiger partial charge in [0.05, 0.1) is 6.04 Å². The molecule has 0 aliphatic heterocycles. The molecule has 1 rings (SSSR count). The van der Waals surface area contributed by atoms with Crippen LogP contribution in [-0.4, -0.2) is 12.3 Å². The maximum Gasteiger partial charge on any atom is 0.216 e. The molecule has 0 fully saturated rings. The molecule has 1 aromatic carbocycles. The second kappa shape index (κ2) is 4.77. The molecule has 2 N–H and O–H groups in total. The number of benzene rings is 1. The lowest BCUT2D eigenvalue weighted by Crippen LogP contribution is -2.21. The number of carbonyl (C=O) groups excluding carboxylic acids is 1. The summed E-state index contributed by atoms with van der Waals surface area (Å²) in [6.45, 7) is 2.05. The molecule has 0 saturated carbocycles. The Morgan fingerprint density at radius 3 is 2.54 bits per heavy atom. The first-order chi connectivity index (χ1) is 6.22. The van der Waals surface area contributed by atoms with Crippen molar-refractivity contribution in [2.45, 2.75) is 25.8 Å². The van der Waals surface area contributed by atoms with Gasteiger partial charge in [0, 0.05) is 0 Å². The molecule has 0 aliphatic rings. The highest BCUT2D eigenvalue weighted by Gasteiger charge is 2.01. The molecule has 1 radical (unpaired) electrons. The quantitative estimate of drug-likeness (QED) is 0.752. The van der Waals surface area contributed by atoms with Gasteiger partial charge in [-0.3, -0.25) is 4.79 Å². The maximum absolute atomic E-state index is 10.1. The Morgan fingerprint density at radius 1 is 1.38 bits per heavy atom. The molecule has 1 aromatic rings. The van der Waals surface area contributed by atoms with Crippen molar-refractivity contribution in [2.24, 2.45) is 5.73 Å². The van der Waals surface area contributed by atoms with Gasteiger partial charge >= 0.3 is 0 Å². The van der Waals surface area contributed by atoms with Gasteiger partial charge in [0.25, 0.3) is 0 Å². The third-order valence-electron chi connectivity index (χ3n) is 2.02. The Hall–Kier alpha value is -1.15. The van der Waals surface area contributed by atoms with E-state index >= 15 is 0 Å². The summed E-state index contributed by atoms with van der Waals surface area (Å²) >= 11 is 0. The van der Waals surface area contributed by atoms with Crippen molar-refractivity contribution in [3.8, 4) is 0 Å². The molecule has 0 bridgehead atoms. The van der Waals surface area contributed by atoms with Gasteiger partial charge in [-0.05, 0) is 25.3 Å². The summed E-state index contributed by atoms with van der Waals surface area (Å²) in [6, 6.07) is 7.80. The second-order valence-corrected chi connectivity index (χ2v) is 3.25. The van der Waals surface area contributed by atoms with E-state index in [0.717, 1.165) is 6.42 Å².